The van der Waals surface area contributed by atoms with Crippen LogP contribution in [-0.4, -0.2) is 22.3 Å². The smallest absolute Gasteiger partial charge is 0.347 e. The molecule has 0 aliphatic heterocycles. The predicted octanol–water partition coefficient (Wildman–Crippen LogP) is 1.36. The van der Waals surface area contributed by atoms with Gasteiger partial charge in [-0.3, -0.25) is 9.32 Å². The predicted molar refractivity (Wildman–Crippen MR) is 65.6 cm³/mol. The fourth-order valence-corrected chi connectivity index (χ4v) is 1.72. The highest BCUT2D eigenvalue weighted by atomic mass is 31.2. The van der Waals surface area contributed by atoms with Crippen molar-refractivity contribution in [2.75, 3.05) is 6.61 Å². The zero-order valence-corrected chi connectivity index (χ0v) is 10.8. The molecule has 0 radical (unpaired) electrons. The van der Waals surface area contributed by atoms with Crippen molar-refractivity contribution in [1.82, 2.24) is 5.32 Å². The molecule has 0 bridgehead atoms. The average molecular weight is 273 g/mol. The Morgan fingerprint density at radius 1 is 1.39 bits per heavy atom. The number of phosphoric ester groups is 1. The molecule has 0 fully saturated rings. The van der Waals surface area contributed by atoms with E-state index < -0.39 is 13.9 Å². The zero-order valence-electron chi connectivity index (χ0n) is 9.94. The number of rotatable bonds is 6. The maximum absolute atomic E-state index is 11.4. The maximum Gasteiger partial charge on any atom is 0.469 e. The first-order chi connectivity index (χ1) is 8.42. The molecule has 0 aliphatic rings. The van der Waals surface area contributed by atoms with Gasteiger partial charge >= 0.3 is 7.82 Å². The molecule has 1 aromatic carbocycles. The van der Waals surface area contributed by atoms with Gasteiger partial charge in [-0.1, -0.05) is 37.3 Å². The normalized spacial score (nSPS) is 13.1. The second kappa shape index (κ2) is 6.66. The minimum atomic E-state index is -4.54. The Morgan fingerprint density at radius 3 is 2.50 bits per heavy atom. The zero-order chi connectivity index (χ0) is 13.6. The molecule has 0 saturated heterocycles. The van der Waals surface area contributed by atoms with Crippen LogP contribution < -0.4 is 5.32 Å². The molecule has 18 heavy (non-hydrogen) atoms. The lowest BCUT2D eigenvalue weighted by atomic mass is 10.1. The van der Waals surface area contributed by atoms with Crippen molar-refractivity contribution in [3.8, 4) is 0 Å². The van der Waals surface area contributed by atoms with Crippen molar-refractivity contribution in [2.24, 2.45) is 0 Å². The van der Waals surface area contributed by atoms with E-state index in [-0.39, 0.29) is 12.5 Å². The number of phosphoric acid groups is 1. The van der Waals surface area contributed by atoms with Crippen LogP contribution in [0.3, 0.4) is 0 Å². The monoisotopic (exact) mass is 273 g/mol. The quantitative estimate of drug-likeness (QED) is 0.680. The van der Waals surface area contributed by atoms with E-state index in [0.717, 1.165) is 5.56 Å². The molecule has 0 spiro atoms. The van der Waals surface area contributed by atoms with Gasteiger partial charge in [0, 0.05) is 6.42 Å². The summed E-state index contributed by atoms with van der Waals surface area (Å²) in [5, 5.41) is 2.65. The third kappa shape index (κ3) is 5.42. The van der Waals surface area contributed by atoms with Crippen LogP contribution in [-0.2, 0) is 13.9 Å². The summed E-state index contributed by atoms with van der Waals surface area (Å²) in [4.78, 5) is 28.7. The molecular formula is C11H16NO5P. The third-order valence-electron chi connectivity index (χ3n) is 2.27. The number of hydrogen-bond acceptors (Lipinski definition) is 3. The first-order valence-electron chi connectivity index (χ1n) is 5.46. The highest BCUT2D eigenvalue weighted by Gasteiger charge is 2.20. The molecule has 100 valence electrons. The highest BCUT2D eigenvalue weighted by Crippen LogP contribution is 2.37. The van der Waals surface area contributed by atoms with Crippen LogP contribution in [0, 0.1) is 0 Å². The van der Waals surface area contributed by atoms with Crippen LogP contribution in [0.4, 0.5) is 0 Å². The number of carbonyl (C=O) groups excluding carboxylic acids is 1. The minimum absolute atomic E-state index is 0.210. The maximum atomic E-state index is 11.4. The fraction of sp³-hybridized carbons (Fsp3) is 0.364. The topological polar surface area (TPSA) is 95.9 Å². The number of amides is 1. The van der Waals surface area contributed by atoms with Crippen LogP contribution in [0.5, 0.6) is 0 Å². The first-order valence-corrected chi connectivity index (χ1v) is 7.00. The Bertz CT molecular complexity index is 430. The lowest BCUT2D eigenvalue weighted by Gasteiger charge is -2.19. The van der Waals surface area contributed by atoms with Crippen LogP contribution in [0.15, 0.2) is 30.3 Å². The molecule has 0 aliphatic carbocycles. The van der Waals surface area contributed by atoms with Crippen LogP contribution >= 0.6 is 7.82 Å². The van der Waals surface area contributed by atoms with Crippen molar-refractivity contribution in [3.05, 3.63) is 35.9 Å². The number of benzene rings is 1. The van der Waals surface area contributed by atoms with Gasteiger partial charge in [0.05, 0.1) is 12.6 Å². The van der Waals surface area contributed by atoms with E-state index in [1.54, 1.807) is 31.2 Å². The number of hydrogen-bond donors (Lipinski definition) is 3. The van der Waals surface area contributed by atoms with Gasteiger partial charge in [-0.05, 0) is 5.56 Å². The Hall–Kier alpha value is -1.20. The van der Waals surface area contributed by atoms with Gasteiger partial charge in [-0.25, -0.2) is 4.57 Å². The van der Waals surface area contributed by atoms with Gasteiger partial charge in [-0.2, -0.15) is 0 Å². The van der Waals surface area contributed by atoms with Crippen LogP contribution in [0.2, 0.25) is 0 Å². The van der Waals surface area contributed by atoms with Crippen LogP contribution in [0.1, 0.15) is 24.9 Å². The van der Waals surface area contributed by atoms with Gasteiger partial charge in [0.2, 0.25) is 5.91 Å². The molecule has 1 aromatic rings. The Kier molecular flexibility index (Phi) is 5.50. The lowest BCUT2D eigenvalue weighted by molar-refractivity contribution is -0.121. The summed E-state index contributed by atoms with van der Waals surface area (Å²) in [6, 6.07) is 8.29. The fourth-order valence-electron chi connectivity index (χ4n) is 1.37. The van der Waals surface area contributed by atoms with Crippen molar-refractivity contribution in [3.63, 3.8) is 0 Å². The van der Waals surface area contributed by atoms with Gasteiger partial charge in [0.1, 0.15) is 0 Å². The van der Waals surface area contributed by atoms with E-state index >= 15 is 0 Å². The van der Waals surface area contributed by atoms with Crippen molar-refractivity contribution < 1.29 is 23.7 Å². The minimum Gasteiger partial charge on any atom is -0.347 e. The van der Waals surface area contributed by atoms with E-state index in [1.165, 1.54) is 0 Å². The van der Waals surface area contributed by atoms with Gasteiger partial charge in [0.25, 0.3) is 0 Å². The Balaban J connectivity index is 2.76. The standard InChI is InChI=1S/C11H16NO5P/c1-2-11(13)12-10(8-17-18(14,15)16)9-6-4-3-5-7-9/h3-7,10H,2,8H2,1H3,(H,12,13)(H2,14,15,16)/t10-/m0/s1. The first kappa shape index (κ1) is 14.9. The molecule has 0 unspecified atom stereocenters. The van der Waals surface area contributed by atoms with Gasteiger partial charge in [0.15, 0.2) is 0 Å². The second-order valence-electron chi connectivity index (χ2n) is 3.67. The summed E-state index contributed by atoms with van der Waals surface area (Å²) in [7, 11) is -4.54. The van der Waals surface area contributed by atoms with Crippen molar-refractivity contribution in [2.45, 2.75) is 19.4 Å². The molecule has 0 heterocycles. The molecule has 3 N–H and O–H groups in total. The SMILES string of the molecule is CCC(=O)N[C@@H](COP(=O)(O)O)c1ccccc1. The van der Waals surface area contributed by atoms with E-state index in [0.29, 0.717) is 6.42 Å². The molecular weight excluding hydrogens is 257 g/mol. The van der Waals surface area contributed by atoms with E-state index in [1.807, 2.05) is 6.07 Å². The molecule has 1 atom stereocenters. The van der Waals surface area contributed by atoms with E-state index in [9.17, 15) is 9.36 Å². The van der Waals surface area contributed by atoms with Crippen molar-refractivity contribution in [1.29, 1.82) is 0 Å². The number of nitrogens with one attached hydrogen (secondary N) is 1. The number of carbonyl (C=O) groups is 1. The Morgan fingerprint density at radius 2 is 2.00 bits per heavy atom. The summed E-state index contributed by atoms with van der Waals surface area (Å²) in [6.07, 6.45) is 0.291. The van der Waals surface area contributed by atoms with E-state index in [4.69, 9.17) is 9.79 Å². The van der Waals surface area contributed by atoms with Crippen LogP contribution in [0.25, 0.3) is 0 Å². The molecule has 0 saturated carbocycles. The summed E-state index contributed by atoms with van der Waals surface area (Å²) in [5.41, 5.74) is 0.729. The third-order valence-corrected chi connectivity index (χ3v) is 2.75. The summed E-state index contributed by atoms with van der Waals surface area (Å²) in [5.74, 6) is -0.210. The summed E-state index contributed by atoms with van der Waals surface area (Å²) < 4.78 is 15.1. The Labute approximate surface area is 105 Å². The molecule has 1 amide bonds. The average Bonchev–Trinajstić information content (AvgIpc) is 2.34. The van der Waals surface area contributed by atoms with Crippen molar-refractivity contribution >= 4 is 13.7 Å². The lowest BCUT2D eigenvalue weighted by Crippen LogP contribution is -2.30. The summed E-state index contributed by atoms with van der Waals surface area (Å²) >= 11 is 0. The molecule has 0 aromatic heterocycles. The molecule has 6 nitrogen and oxygen atoms in total. The van der Waals surface area contributed by atoms with E-state index in [2.05, 4.69) is 9.84 Å². The largest absolute Gasteiger partial charge is 0.469 e. The summed E-state index contributed by atoms with van der Waals surface area (Å²) in [6.45, 7) is 1.42. The second-order valence-corrected chi connectivity index (χ2v) is 4.91. The van der Waals surface area contributed by atoms with Gasteiger partial charge in [-0.15, -0.1) is 0 Å². The van der Waals surface area contributed by atoms with Gasteiger partial charge < -0.3 is 15.1 Å². The molecule has 7 heteroatoms. The highest BCUT2D eigenvalue weighted by molar-refractivity contribution is 7.46. The molecule has 1 rings (SSSR count).